The third kappa shape index (κ3) is 4.77. The van der Waals surface area contributed by atoms with Crippen molar-refractivity contribution in [1.29, 1.82) is 0 Å². The highest BCUT2D eigenvalue weighted by atomic mass is 32.2. The van der Waals surface area contributed by atoms with E-state index >= 15 is 0 Å². The minimum absolute atomic E-state index is 0.146. The van der Waals surface area contributed by atoms with Crippen molar-refractivity contribution in [1.82, 2.24) is 14.8 Å². The van der Waals surface area contributed by atoms with Crippen molar-refractivity contribution in [3.05, 3.63) is 73.1 Å². The van der Waals surface area contributed by atoms with Crippen molar-refractivity contribution in [3.63, 3.8) is 0 Å². The number of benzene rings is 2. The third-order valence-corrected chi connectivity index (χ3v) is 4.77. The summed E-state index contributed by atoms with van der Waals surface area (Å²) >= 11 is 1.25. The molecule has 0 saturated heterocycles. The number of nitrogens with zero attached hydrogens (tertiary/aromatic N) is 3. The molecule has 0 aliphatic heterocycles. The fourth-order valence-electron chi connectivity index (χ4n) is 2.57. The average Bonchev–Trinajstić information content (AvgIpc) is 3.07. The Morgan fingerprint density at radius 2 is 1.89 bits per heavy atom. The van der Waals surface area contributed by atoms with Gasteiger partial charge < -0.3 is 10.5 Å². The lowest BCUT2D eigenvalue weighted by Gasteiger charge is -2.12. The number of ether oxygens (including phenoxy) is 1. The molecule has 0 radical (unpaired) electrons. The van der Waals surface area contributed by atoms with Crippen molar-refractivity contribution in [3.8, 4) is 16.9 Å². The third-order valence-electron chi connectivity index (χ3n) is 3.78. The van der Waals surface area contributed by atoms with Crippen LogP contribution in [-0.2, 0) is 17.9 Å². The number of hydrogen-bond donors (Lipinski definition) is 1. The van der Waals surface area contributed by atoms with Gasteiger partial charge in [-0.25, -0.2) is 0 Å². The van der Waals surface area contributed by atoms with Crippen molar-refractivity contribution < 1.29 is 9.53 Å². The van der Waals surface area contributed by atoms with Crippen LogP contribution in [0.25, 0.3) is 11.1 Å². The molecular weight excluding hydrogens is 360 g/mol. The van der Waals surface area contributed by atoms with E-state index in [-0.39, 0.29) is 12.4 Å². The summed E-state index contributed by atoms with van der Waals surface area (Å²) in [4.78, 5) is 11.0. The molecule has 0 spiro atoms. The predicted octanol–water partition coefficient (Wildman–Crippen LogP) is 3.29. The number of thioether (sulfide) groups is 1. The van der Waals surface area contributed by atoms with E-state index in [2.05, 4.69) is 16.8 Å². The van der Waals surface area contributed by atoms with Crippen molar-refractivity contribution >= 4 is 17.7 Å². The molecule has 0 bridgehead atoms. The first-order chi connectivity index (χ1) is 13.2. The molecule has 2 aromatic carbocycles. The van der Waals surface area contributed by atoms with Gasteiger partial charge in [0.2, 0.25) is 5.91 Å². The standard InChI is InChI=1S/C20H20N4O2S/c1-2-12-24-19(22-23-20(24)27-14-18(21)25)13-26-17-11-7-6-10-16(17)15-8-4-3-5-9-15/h2-11H,1,12-14H2,(H2,21,25). The lowest BCUT2D eigenvalue weighted by molar-refractivity contribution is -0.115. The Morgan fingerprint density at radius 1 is 1.15 bits per heavy atom. The number of aromatic nitrogens is 3. The van der Waals surface area contributed by atoms with Crippen LogP contribution in [-0.4, -0.2) is 26.4 Å². The highest BCUT2D eigenvalue weighted by Crippen LogP contribution is 2.30. The molecule has 3 rings (SSSR count). The van der Waals surface area contributed by atoms with Crippen molar-refractivity contribution in [2.75, 3.05) is 5.75 Å². The first-order valence-electron chi connectivity index (χ1n) is 8.40. The van der Waals surface area contributed by atoms with Gasteiger partial charge in [-0.05, 0) is 11.6 Å². The second-order valence-corrected chi connectivity index (χ2v) is 6.65. The smallest absolute Gasteiger partial charge is 0.227 e. The van der Waals surface area contributed by atoms with Crippen molar-refractivity contribution in [2.24, 2.45) is 5.73 Å². The van der Waals surface area contributed by atoms with Gasteiger partial charge in [0.1, 0.15) is 12.4 Å². The number of hydrogen-bond acceptors (Lipinski definition) is 5. The lowest BCUT2D eigenvalue weighted by Crippen LogP contribution is -2.14. The fourth-order valence-corrected chi connectivity index (χ4v) is 3.28. The molecule has 0 aliphatic rings. The number of carbonyl (C=O) groups is 1. The summed E-state index contributed by atoms with van der Waals surface area (Å²) in [7, 11) is 0. The monoisotopic (exact) mass is 380 g/mol. The van der Waals surface area contributed by atoms with Gasteiger partial charge in [-0.2, -0.15) is 0 Å². The molecule has 6 nitrogen and oxygen atoms in total. The highest BCUT2D eigenvalue weighted by Gasteiger charge is 2.14. The summed E-state index contributed by atoms with van der Waals surface area (Å²) in [6, 6.07) is 17.9. The van der Waals surface area contributed by atoms with Crippen LogP contribution in [0.1, 0.15) is 5.82 Å². The number of carbonyl (C=O) groups excluding carboxylic acids is 1. The molecule has 0 atom stereocenters. The van der Waals surface area contributed by atoms with Gasteiger partial charge >= 0.3 is 0 Å². The maximum Gasteiger partial charge on any atom is 0.227 e. The van der Waals surface area contributed by atoms with Gasteiger partial charge in [0, 0.05) is 12.1 Å². The number of amides is 1. The molecule has 0 aliphatic carbocycles. The Balaban J connectivity index is 1.79. The van der Waals surface area contributed by atoms with Crippen LogP contribution < -0.4 is 10.5 Å². The van der Waals surface area contributed by atoms with Gasteiger partial charge in [-0.15, -0.1) is 16.8 Å². The predicted molar refractivity (Wildman–Crippen MR) is 106 cm³/mol. The minimum Gasteiger partial charge on any atom is -0.485 e. The zero-order valence-electron chi connectivity index (χ0n) is 14.7. The zero-order valence-corrected chi connectivity index (χ0v) is 15.6. The van der Waals surface area contributed by atoms with E-state index in [9.17, 15) is 4.79 Å². The second kappa shape index (κ2) is 9.05. The number of nitrogens with two attached hydrogens (primary N) is 1. The Bertz CT molecular complexity index is 925. The summed E-state index contributed by atoms with van der Waals surface area (Å²) in [6.45, 7) is 4.54. The quantitative estimate of drug-likeness (QED) is 0.455. The summed E-state index contributed by atoms with van der Waals surface area (Å²) < 4.78 is 7.91. The molecule has 0 unspecified atom stereocenters. The molecule has 1 amide bonds. The molecule has 2 N–H and O–H groups in total. The number of para-hydroxylation sites is 1. The molecule has 138 valence electrons. The minimum atomic E-state index is -0.400. The fraction of sp³-hybridized carbons (Fsp3) is 0.150. The van der Waals surface area contributed by atoms with Crippen molar-refractivity contribution in [2.45, 2.75) is 18.3 Å². The summed E-state index contributed by atoms with van der Waals surface area (Å²) in [5, 5.41) is 8.95. The van der Waals surface area contributed by atoms with E-state index in [0.29, 0.717) is 17.5 Å². The van der Waals surface area contributed by atoms with E-state index in [1.54, 1.807) is 6.08 Å². The summed E-state index contributed by atoms with van der Waals surface area (Å²) in [5.74, 6) is 1.17. The Kier molecular flexibility index (Phi) is 6.27. The van der Waals surface area contributed by atoms with E-state index in [1.807, 2.05) is 59.2 Å². The largest absolute Gasteiger partial charge is 0.485 e. The molecule has 27 heavy (non-hydrogen) atoms. The van der Waals surface area contributed by atoms with Crippen LogP contribution in [0.4, 0.5) is 0 Å². The Hall–Kier alpha value is -3.06. The summed E-state index contributed by atoms with van der Waals surface area (Å²) in [5.41, 5.74) is 7.31. The van der Waals surface area contributed by atoms with Gasteiger partial charge in [0.25, 0.3) is 0 Å². The van der Waals surface area contributed by atoms with Crippen LogP contribution in [0.15, 0.2) is 72.4 Å². The van der Waals surface area contributed by atoms with Crippen LogP contribution in [0.2, 0.25) is 0 Å². The molecule has 7 heteroatoms. The van der Waals surface area contributed by atoms with Crippen LogP contribution >= 0.6 is 11.8 Å². The van der Waals surface area contributed by atoms with Gasteiger partial charge in [0.05, 0.1) is 5.75 Å². The molecular formula is C20H20N4O2S. The zero-order chi connectivity index (χ0) is 19.1. The highest BCUT2D eigenvalue weighted by molar-refractivity contribution is 7.99. The molecule has 0 saturated carbocycles. The van der Waals surface area contributed by atoms with E-state index < -0.39 is 5.91 Å². The van der Waals surface area contributed by atoms with E-state index in [4.69, 9.17) is 10.5 Å². The number of rotatable bonds is 9. The SMILES string of the molecule is C=CCn1c(COc2ccccc2-c2ccccc2)nnc1SCC(N)=O. The first kappa shape index (κ1) is 18.7. The lowest BCUT2D eigenvalue weighted by atomic mass is 10.1. The maximum atomic E-state index is 11.0. The molecule has 0 fully saturated rings. The maximum absolute atomic E-state index is 11.0. The van der Waals surface area contributed by atoms with Crippen LogP contribution in [0.3, 0.4) is 0 Å². The van der Waals surface area contributed by atoms with Gasteiger partial charge in [-0.3, -0.25) is 9.36 Å². The summed E-state index contributed by atoms with van der Waals surface area (Å²) in [6.07, 6.45) is 1.75. The number of allylic oxidation sites excluding steroid dienone is 1. The van der Waals surface area contributed by atoms with E-state index in [1.165, 1.54) is 11.8 Å². The Labute approximate surface area is 162 Å². The molecule has 1 heterocycles. The van der Waals surface area contributed by atoms with Crippen LogP contribution in [0.5, 0.6) is 5.75 Å². The molecule has 3 aromatic rings. The topological polar surface area (TPSA) is 83.0 Å². The number of primary amides is 1. The van der Waals surface area contributed by atoms with Gasteiger partial charge in [-0.1, -0.05) is 66.4 Å². The Morgan fingerprint density at radius 3 is 2.63 bits per heavy atom. The van der Waals surface area contributed by atoms with Crippen LogP contribution in [0, 0.1) is 0 Å². The molecule has 1 aromatic heterocycles. The van der Waals surface area contributed by atoms with E-state index in [0.717, 1.165) is 16.9 Å². The van der Waals surface area contributed by atoms with Gasteiger partial charge in [0.15, 0.2) is 11.0 Å². The second-order valence-electron chi connectivity index (χ2n) is 5.70. The average molecular weight is 380 g/mol. The first-order valence-corrected chi connectivity index (χ1v) is 9.39. The normalized spacial score (nSPS) is 10.5.